The van der Waals surface area contributed by atoms with Gasteiger partial charge < -0.3 is 14.8 Å². The summed E-state index contributed by atoms with van der Waals surface area (Å²) in [7, 11) is 1.66. The van der Waals surface area contributed by atoms with Crippen LogP contribution in [0.4, 0.5) is 0 Å². The molecule has 0 spiro atoms. The van der Waals surface area contributed by atoms with Gasteiger partial charge in [-0.1, -0.05) is 13.3 Å². The minimum absolute atomic E-state index is 0.00282. The molecule has 0 radical (unpaired) electrons. The third-order valence-electron chi connectivity index (χ3n) is 3.45. The number of carbonyl (C=O) groups is 1. The minimum Gasteiger partial charge on any atom is -0.465 e. The largest absolute Gasteiger partial charge is 0.465 e. The van der Waals surface area contributed by atoms with Crippen LogP contribution in [-0.2, 0) is 14.3 Å². The number of piperidine rings is 1. The summed E-state index contributed by atoms with van der Waals surface area (Å²) in [5, 5.41) is 3.30. The lowest BCUT2D eigenvalue weighted by molar-refractivity contribution is -0.158. The Hall–Kier alpha value is -0.610. The van der Waals surface area contributed by atoms with E-state index in [1.807, 2.05) is 0 Å². The highest BCUT2D eigenvalue weighted by atomic mass is 16.5. The monoisotopic (exact) mass is 243 g/mol. The Balaban J connectivity index is 2.42. The van der Waals surface area contributed by atoms with Crippen molar-refractivity contribution in [1.29, 1.82) is 0 Å². The lowest BCUT2D eigenvalue weighted by Gasteiger charge is -2.35. The average Bonchev–Trinajstić information content (AvgIpc) is 2.36. The van der Waals surface area contributed by atoms with Gasteiger partial charge in [0, 0.05) is 20.1 Å². The Labute approximate surface area is 104 Å². The maximum Gasteiger partial charge on any atom is 0.312 e. The van der Waals surface area contributed by atoms with Crippen LogP contribution in [-0.4, -0.2) is 39.4 Å². The van der Waals surface area contributed by atoms with Crippen LogP contribution < -0.4 is 5.32 Å². The van der Waals surface area contributed by atoms with Gasteiger partial charge in [-0.15, -0.1) is 0 Å². The number of rotatable bonds is 7. The van der Waals surface area contributed by atoms with Crippen molar-refractivity contribution in [2.24, 2.45) is 5.41 Å². The number of hydrogen-bond acceptors (Lipinski definition) is 4. The molecule has 0 amide bonds. The number of nitrogens with one attached hydrogen (secondary N) is 1. The molecule has 17 heavy (non-hydrogen) atoms. The van der Waals surface area contributed by atoms with Gasteiger partial charge in [-0.2, -0.15) is 0 Å². The molecule has 0 aromatic carbocycles. The fraction of sp³-hybridized carbons (Fsp3) is 0.923. The fourth-order valence-corrected chi connectivity index (χ4v) is 2.46. The molecule has 100 valence electrons. The van der Waals surface area contributed by atoms with E-state index >= 15 is 0 Å². The summed E-state index contributed by atoms with van der Waals surface area (Å²) in [5.41, 5.74) is -0.229. The molecule has 1 rings (SSSR count). The summed E-state index contributed by atoms with van der Waals surface area (Å²) in [4.78, 5) is 12.2. The highest BCUT2D eigenvalue weighted by Crippen LogP contribution is 2.35. The summed E-state index contributed by atoms with van der Waals surface area (Å²) in [6.07, 6.45) is 4.57. The molecule has 0 aromatic rings. The lowest BCUT2D eigenvalue weighted by Crippen LogP contribution is -2.43. The van der Waals surface area contributed by atoms with Crippen LogP contribution >= 0.6 is 0 Å². The molecule has 0 bridgehead atoms. The second-order valence-corrected chi connectivity index (χ2v) is 4.76. The van der Waals surface area contributed by atoms with Crippen molar-refractivity contribution in [2.75, 3.05) is 33.4 Å². The van der Waals surface area contributed by atoms with Crippen molar-refractivity contribution >= 4 is 5.97 Å². The summed E-state index contributed by atoms with van der Waals surface area (Å²) in [6.45, 7) is 5.10. The van der Waals surface area contributed by atoms with E-state index in [9.17, 15) is 4.79 Å². The number of hydrogen-bond donors (Lipinski definition) is 1. The van der Waals surface area contributed by atoms with Gasteiger partial charge in [0.1, 0.15) is 0 Å². The maximum absolute atomic E-state index is 12.2. The highest BCUT2D eigenvalue weighted by molar-refractivity contribution is 5.77. The predicted molar refractivity (Wildman–Crippen MR) is 66.9 cm³/mol. The second-order valence-electron chi connectivity index (χ2n) is 4.76. The Morgan fingerprint density at radius 1 is 1.29 bits per heavy atom. The molecule has 0 saturated carbocycles. The van der Waals surface area contributed by atoms with Gasteiger partial charge in [0.2, 0.25) is 0 Å². The van der Waals surface area contributed by atoms with E-state index < -0.39 is 0 Å². The highest BCUT2D eigenvalue weighted by Gasteiger charge is 2.39. The molecule has 4 nitrogen and oxygen atoms in total. The van der Waals surface area contributed by atoms with Crippen LogP contribution in [0.15, 0.2) is 0 Å². The smallest absolute Gasteiger partial charge is 0.312 e. The van der Waals surface area contributed by atoms with Crippen LogP contribution in [0, 0.1) is 5.41 Å². The normalized spacial score (nSPS) is 18.9. The molecule has 0 aromatic heterocycles. The quantitative estimate of drug-likeness (QED) is 0.546. The van der Waals surface area contributed by atoms with Crippen LogP contribution in [0.2, 0.25) is 0 Å². The molecule has 1 fully saturated rings. The van der Waals surface area contributed by atoms with Crippen molar-refractivity contribution in [2.45, 2.75) is 39.0 Å². The van der Waals surface area contributed by atoms with E-state index in [4.69, 9.17) is 9.47 Å². The first-order chi connectivity index (χ1) is 8.25. The summed E-state index contributed by atoms with van der Waals surface area (Å²) >= 11 is 0. The van der Waals surface area contributed by atoms with Crippen molar-refractivity contribution in [3.05, 3.63) is 0 Å². The van der Waals surface area contributed by atoms with Gasteiger partial charge in [-0.3, -0.25) is 4.79 Å². The van der Waals surface area contributed by atoms with Gasteiger partial charge in [-0.05, 0) is 32.4 Å². The molecule has 0 atom stereocenters. The molecular formula is C13H25NO3. The molecule has 0 aliphatic carbocycles. The Morgan fingerprint density at radius 2 is 2.00 bits per heavy atom. The molecule has 1 saturated heterocycles. The van der Waals surface area contributed by atoms with E-state index in [-0.39, 0.29) is 11.4 Å². The Bertz CT molecular complexity index is 219. The Morgan fingerprint density at radius 3 is 2.59 bits per heavy atom. The standard InChI is InChI=1S/C13H25NO3/c1-3-5-13(6-8-14-9-7-13)12(15)17-11-4-10-16-2/h14H,3-11H2,1-2H3. The summed E-state index contributed by atoms with van der Waals surface area (Å²) in [6, 6.07) is 0. The predicted octanol–water partition coefficient (Wildman–Crippen LogP) is 1.74. The average molecular weight is 243 g/mol. The number of ether oxygens (including phenoxy) is 2. The van der Waals surface area contributed by atoms with Crippen LogP contribution in [0.25, 0.3) is 0 Å². The number of methoxy groups -OCH3 is 1. The van der Waals surface area contributed by atoms with Gasteiger partial charge in [-0.25, -0.2) is 0 Å². The van der Waals surface area contributed by atoms with Gasteiger partial charge in [0.15, 0.2) is 0 Å². The lowest BCUT2D eigenvalue weighted by atomic mass is 9.75. The molecule has 1 N–H and O–H groups in total. The second kappa shape index (κ2) is 7.67. The molecule has 4 heteroatoms. The van der Waals surface area contributed by atoms with E-state index in [0.717, 1.165) is 45.2 Å². The summed E-state index contributed by atoms with van der Waals surface area (Å²) in [5.74, 6) is -0.00282. The van der Waals surface area contributed by atoms with Crippen molar-refractivity contribution < 1.29 is 14.3 Å². The van der Waals surface area contributed by atoms with Gasteiger partial charge >= 0.3 is 5.97 Å². The van der Waals surface area contributed by atoms with E-state index in [1.54, 1.807) is 7.11 Å². The molecule has 1 aliphatic heterocycles. The van der Waals surface area contributed by atoms with E-state index in [1.165, 1.54) is 0 Å². The SMILES string of the molecule is CCCC1(C(=O)OCCCOC)CCNCC1. The Kier molecular flexibility index (Phi) is 6.52. The maximum atomic E-state index is 12.2. The number of esters is 1. The van der Waals surface area contributed by atoms with Gasteiger partial charge in [0.25, 0.3) is 0 Å². The zero-order chi connectivity index (χ0) is 12.6. The van der Waals surface area contributed by atoms with E-state index in [2.05, 4.69) is 12.2 Å². The van der Waals surface area contributed by atoms with Crippen LogP contribution in [0.5, 0.6) is 0 Å². The van der Waals surface area contributed by atoms with Gasteiger partial charge in [0.05, 0.1) is 12.0 Å². The topological polar surface area (TPSA) is 47.6 Å². The first-order valence-electron chi connectivity index (χ1n) is 6.62. The third kappa shape index (κ3) is 4.28. The number of carbonyl (C=O) groups excluding carboxylic acids is 1. The molecule has 1 heterocycles. The summed E-state index contributed by atoms with van der Waals surface area (Å²) < 4.78 is 10.3. The van der Waals surface area contributed by atoms with Crippen LogP contribution in [0.1, 0.15) is 39.0 Å². The van der Waals surface area contributed by atoms with Crippen molar-refractivity contribution in [3.63, 3.8) is 0 Å². The molecular weight excluding hydrogens is 218 g/mol. The zero-order valence-corrected chi connectivity index (χ0v) is 11.1. The molecule has 0 unspecified atom stereocenters. The minimum atomic E-state index is -0.229. The van der Waals surface area contributed by atoms with Crippen molar-refractivity contribution in [1.82, 2.24) is 5.32 Å². The fourth-order valence-electron chi connectivity index (χ4n) is 2.46. The zero-order valence-electron chi connectivity index (χ0n) is 11.1. The van der Waals surface area contributed by atoms with E-state index in [0.29, 0.717) is 13.2 Å². The van der Waals surface area contributed by atoms with Crippen molar-refractivity contribution in [3.8, 4) is 0 Å². The first-order valence-corrected chi connectivity index (χ1v) is 6.62. The third-order valence-corrected chi connectivity index (χ3v) is 3.45. The first kappa shape index (κ1) is 14.5. The molecule has 1 aliphatic rings. The van der Waals surface area contributed by atoms with Crippen LogP contribution in [0.3, 0.4) is 0 Å².